The Morgan fingerprint density at radius 3 is 2.38 bits per heavy atom. The van der Waals surface area contributed by atoms with Crippen LogP contribution in [0.5, 0.6) is 0 Å². The van der Waals surface area contributed by atoms with Crippen molar-refractivity contribution in [3.8, 4) is 0 Å². The zero-order chi connectivity index (χ0) is 17.4. The summed E-state index contributed by atoms with van der Waals surface area (Å²) in [5.74, 6) is -0.581. The minimum Gasteiger partial charge on any atom is -0.380 e. The molecule has 9 heteroatoms. The third-order valence-electron chi connectivity index (χ3n) is 3.29. The molecule has 0 aliphatic rings. The highest BCUT2D eigenvalue weighted by Gasteiger charge is 2.20. The van der Waals surface area contributed by atoms with Crippen molar-refractivity contribution in [1.29, 1.82) is 0 Å². The number of hydrogen-bond acceptors (Lipinski definition) is 4. The summed E-state index contributed by atoms with van der Waals surface area (Å²) in [6, 6.07) is 4.92. The van der Waals surface area contributed by atoms with Crippen LogP contribution < -0.4 is 11.1 Å². The smallest absolute Gasteiger partial charge is 0.244 e. The highest BCUT2D eigenvalue weighted by Crippen LogP contribution is 2.29. The lowest BCUT2D eigenvalue weighted by atomic mass is 10.2. The molecule has 24 heavy (non-hydrogen) atoms. The molecule has 1 aromatic rings. The van der Waals surface area contributed by atoms with Gasteiger partial charge in [0.2, 0.25) is 11.8 Å². The van der Waals surface area contributed by atoms with E-state index in [4.69, 9.17) is 33.7 Å². The van der Waals surface area contributed by atoms with Gasteiger partial charge in [-0.25, -0.2) is 0 Å². The number of anilines is 1. The van der Waals surface area contributed by atoms with Gasteiger partial charge in [-0.3, -0.25) is 9.59 Å². The van der Waals surface area contributed by atoms with Crippen molar-refractivity contribution in [2.45, 2.75) is 19.4 Å². The van der Waals surface area contributed by atoms with Crippen LogP contribution in [0.4, 0.5) is 5.69 Å². The standard InChI is InChI=1S/C15H21Cl2N3O3.ClH/c1-3-20(14(22)7-10(8-18)23-2)9-13(21)19-15-11(16)5-4-6-12(15)17;/h4-6,10H,3,7-9,18H2,1-2H3,(H,19,21);1H. The summed E-state index contributed by atoms with van der Waals surface area (Å²) >= 11 is 12.0. The molecule has 1 atom stereocenters. The van der Waals surface area contributed by atoms with Gasteiger partial charge in [-0.15, -0.1) is 12.4 Å². The maximum absolute atomic E-state index is 12.2. The van der Waals surface area contributed by atoms with Gasteiger partial charge in [0.15, 0.2) is 0 Å². The van der Waals surface area contributed by atoms with Gasteiger partial charge >= 0.3 is 0 Å². The first-order valence-electron chi connectivity index (χ1n) is 7.17. The van der Waals surface area contributed by atoms with Crippen LogP contribution >= 0.6 is 35.6 Å². The van der Waals surface area contributed by atoms with E-state index in [1.165, 1.54) is 12.0 Å². The lowest BCUT2D eigenvalue weighted by Crippen LogP contribution is -2.40. The molecule has 0 aromatic heterocycles. The fourth-order valence-electron chi connectivity index (χ4n) is 1.93. The number of nitrogens with two attached hydrogens (primary N) is 1. The van der Waals surface area contributed by atoms with Crippen LogP contribution in [0.25, 0.3) is 0 Å². The van der Waals surface area contributed by atoms with Gasteiger partial charge in [-0.2, -0.15) is 0 Å². The largest absolute Gasteiger partial charge is 0.380 e. The Bertz CT molecular complexity index is 534. The van der Waals surface area contributed by atoms with Gasteiger partial charge < -0.3 is 20.7 Å². The Kier molecular flexibility index (Phi) is 11.0. The van der Waals surface area contributed by atoms with Crippen molar-refractivity contribution in [2.24, 2.45) is 5.73 Å². The third-order valence-corrected chi connectivity index (χ3v) is 3.92. The normalized spacial score (nSPS) is 11.4. The number of likely N-dealkylation sites (N-methyl/N-ethyl adjacent to an activating group) is 1. The molecule has 6 nitrogen and oxygen atoms in total. The van der Waals surface area contributed by atoms with Crippen molar-refractivity contribution in [2.75, 3.05) is 32.1 Å². The Morgan fingerprint density at radius 2 is 1.92 bits per heavy atom. The average Bonchev–Trinajstić information content (AvgIpc) is 2.53. The number of halogens is 3. The zero-order valence-corrected chi connectivity index (χ0v) is 15.9. The summed E-state index contributed by atoms with van der Waals surface area (Å²) in [6.07, 6.45) is -0.237. The fourth-order valence-corrected chi connectivity index (χ4v) is 2.42. The predicted molar refractivity (Wildman–Crippen MR) is 99.1 cm³/mol. The van der Waals surface area contributed by atoms with Gasteiger partial charge in [0.05, 0.1) is 34.8 Å². The lowest BCUT2D eigenvalue weighted by Gasteiger charge is -2.23. The Hall–Kier alpha value is -1.05. The molecule has 0 aliphatic carbocycles. The Balaban J connectivity index is 0.00000529. The Labute approximate surface area is 158 Å². The molecule has 0 heterocycles. The van der Waals surface area contributed by atoms with Crippen LogP contribution in [0.2, 0.25) is 10.0 Å². The second-order valence-corrected chi connectivity index (χ2v) is 5.66. The maximum Gasteiger partial charge on any atom is 0.244 e. The van der Waals surface area contributed by atoms with E-state index in [0.717, 1.165) is 0 Å². The van der Waals surface area contributed by atoms with Crippen molar-refractivity contribution < 1.29 is 14.3 Å². The summed E-state index contributed by atoms with van der Waals surface area (Å²) < 4.78 is 5.09. The molecule has 3 N–H and O–H groups in total. The molecule has 1 unspecified atom stereocenters. The zero-order valence-electron chi connectivity index (χ0n) is 13.6. The molecule has 2 amide bonds. The number of carbonyl (C=O) groups is 2. The molecular formula is C15H22Cl3N3O3. The van der Waals surface area contributed by atoms with E-state index in [2.05, 4.69) is 5.32 Å². The van der Waals surface area contributed by atoms with Gasteiger partial charge in [-0.1, -0.05) is 29.3 Å². The van der Waals surface area contributed by atoms with Gasteiger partial charge in [0, 0.05) is 20.2 Å². The quantitative estimate of drug-likeness (QED) is 0.705. The van der Waals surface area contributed by atoms with Crippen LogP contribution in [0, 0.1) is 0 Å². The fraction of sp³-hybridized carbons (Fsp3) is 0.467. The molecule has 0 saturated carbocycles. The summed E-state index contributed by atoms with van der Waals surface area (Å²) in [5, 5.41) is 3.30. The first-order chi connectivity index (χ1) is 10.9. The first kappa shape index (κ1) is 22.9. The van der Waals surface area contributed by atoms with E-state index >= 15 is 0 Å². The monoisotopic (exact) mass is 397 g/mol. The van der Waals surface area contributed by atoms with E-state index in [1.807, 2.05) is 0 Å². The van der Waals surface area contributed by atoms with E-state index in [0.29, 0.717) is 22.3 Å². The predicted octanol–water partition coefficient (Wildman–Crippen LogP) is 2.57. The van der Waals surface area contributed by atoms with Crippen molar-refractivity contribution in [1.82, 2.24) is 4.90 Å². The molecule has 1 rings (SSSR count). The lowest BCUT2D eigenvalue weighted by molar-refractivity contribution is -0.136. The maximum atomic E-state index is 12.2. The number of rotatable bonds is 8. The van der Waals surface area contributed by atoms with E-state index in [-0.39, 0.29) is 49.8 Å². The number of nitrogens with zero attached hydrogens (tertiary/aromatic N) is 1. The Morgan fingerprint density at radius 1 is 1.33 bits per heavy atom. The molecular weight excluding hydrogens is 377 g/mol. The average molecular weight is 399 g/mol. The SMILES string of the molecule is CCN(CC(=O)Nc1c(Cl)cccc1Cl)C(=O)CC(CN)OC.Cl. The highest BCUT2D eigenvalue weighted by molar-refractivity contribution is 6.39. The number of nitrogens with one attached hydrogen (secondary N) is 1. The van der Waals surface area contributed by atoms with Crippen LogP contribution in [-0.4, -0.2) is 49.6 Å². The number of carbonyl (C=O) groups excluding carboxylic acids is 2. The molecule has 136 valence electrons. The van der Waals surface area contributed by atoms with Gasteiger partial charge in [0.25, 0.3) is 0 Å². The molecule has 0 saturated heterocycles. The van der Waals surface area contributed by atoms with Crippen LogP contribution in [0.1, 0.15) is 13.3 Å². The molecule has 0 spiro atoms. The summed E-state index contributed by atoms with van der Waals surface area (Å²) in [7, 11) is 1.49. The highest BCUT2D eigenvalue weighted by atomic mass is 35.5. The summed E-state index contributed by atoms with van der Waals surface area (Å²) in [4.78, 5) is 25.7. The molecule has 0 bridgehead atoms. The van der Waals surface area contributed by atoms with Crippen LogP contribution in [-0.2, 0) is 14.3 Å². The number of hydrogen-bond donors (Lipinski definition) is 2. The molecule has 1 aromatic carbocycles. The number of para-hydroxylation sites is 1. The van der Waals surface area contributed by atoms with Crippen LogP contribution in [0.15, 0.2) is 18.2 Å². The first-order valence-corrected chi connectivity index (χ1v) is 7.93. The minimum atomic E-state index is -0.378. The van der Waals surface area contributed by atoms with E-state index in [1.54, 1.807) is 25.1 Å². The summed E-state index contributed by atoms with van der Waals surface area (Å²) in [6.45, 7) is 2.32. The molecule has 0 radical (unpaired) electrons. The summed E-state index contributed by atoms with van der Waals surface area (Å²) in [5.41, 5.74) is 5.84. The van der Waals surface area contributed by atoms with Gasteiger partial charge in [0.1, 0.15) is 0 Å². The van der Waals surface area contributed by atoms with Crippen molar-refractivity contribution in [3.63, 3.8) is 0 Å². The topological polar surface area (TPSA) is 84.7 Å². The number of ether oxygens (including phenoxy) is 1. The van der Waals surface area contributed by atoms with Gasteiger partial charge in [-0.05, 0) is 19.1 Å². The number of amides is 2. The van der Waals surface area contributed by atoms with Crippen LogP contribution in [0.3, 0.4) is 0 Å². The van der Waals surface area contributed by atoms with E-state index in [9.17, 15) is 9.59 Å². The number of methoxy groups -OCH3 is 1. The minimum absolute atomic E-state index is 0. The second kappa shape index (κ2) is 11.5. The van der Waals surface area contributed by atoms with E-state index < -0.39 is 0 Å². The van der Waals surface area contributed by atoms with Crippen molar-refractivity contribution >= 4 is 53.1 Å². The molecule has 0 fully saturated rings. The molecule has 0 aliphatic heterocycles. The third kappa shape index (κ3) is 6.83. The second-order valence-electron chi connectivity index (χ2n) is 4.85. The number of benzene rings is 1. The van der Waals surface area contributed by atoms with Crippen molar-refractivity contribution in [3.05, 3.63) is 28.2 Å².